The first kappa shape index (κ1) is 28.9. The number of aliphatic hydroxyl groups is 1. The van der Waals surface area contributed by atoms with Crippen molar-refractivity contribution in [2.45, 2.75) is 31.0 Å². The fourth-order valence-corrected chi connectivity index (χ4v) is 6.73. The Hall–Kier alpha value is -3.60. The summed E-state index contributed by atoms with van der Waals surface area (Å²) in [5.41, 5.74) is 4.05. The van der Waals surface area contributed by atoms with Crippen LogP contribution in [0.2, 0.25) is 5.02 Å². The SMILES string of the molecule is CC1(C)CCN(c2nc(SCc3csc(-c4ccc(Cl)cc4)n3)c(C#N)c(-c3ccc(OCCO)cc3)c2C#N)C1. The van der Waals surface area contributed by atoms with Gasteiger partial charge in [-0.05, 0) is 41.7 Å². The lowest BCUT2D eigenvalue weighted by atomic mass is 9.93. The maximum absolute atomic E-state index is 10.4. The minimum absolute atomic E-state index is 0.0838. The summed E-state index contributed by atoms with van der Waals surface area (Å²) < 4.78 is 5.52. The number of aromatic nitrogens is 2. The minimum atomic E-state index is -0.0838. The topological polar surface area (TPSA) is 106 Å². The van der Waals surface area contributed by atoms with Crippen molar-refractivity contribution in [2.75, 3.05) is 31.2 Å². The van der Waals surface area contributed by atoms with Crippen molar-refractivity contribution in [3.05, 3.63) is 75.8 Å². The van der Waals surface area contributed by atoms with Crippen LogP contribution >= 0.6 is 34.7 Å². The zero-order valence-electron chi connectivity index (χ0n) is 22.7. The molecule has 0 atom stereocenters. The average Bonchev–Trinajstić information content (AvgIpc) is 3.60. The van der Waals surface area contributed by atoms with Crippen molar-refractivity contribution < 1.29 is 9.84 Å². The second-order valence-electron chi connectivity index (χ2n) is 10.5. The van der Waals surface area contributed by atoms with Crippen LogP contribution in [0, 0.1) is 28.1 Å². The number of aliphatic hydroxyl groups excluding tert-OH is 1. The van der Waals surface area contributed by atoms with Crippen molar-refractivity contribution in [3.8, 4) is 39.6 Å². The predicted octanol–water partition coefficient (Wildman–Crippen LogP) is 7.17. The van der Waals surface area contributed by atoms with Crippen LogP contribution in [0.15, 0.2) is 58.9 Å². The fourth-order valence-electron chi connectivity index (χ4n) is 4.80. The second kappa shape index (κ2) is 12.5. The van der Waals surface area contributed by atoms with Crippen molar-refractivity contribution in [3.63, 3.8) is 0 Å². The third-order valence-corrected chi connectivity index (χ3v) is 9.05. The van der Waals surface area contributed by atoms with E-state index in [0.717, 1.165) is 41.3 Å². The Kier molecular flexibility index (Phi) is 8.82. The summed E-state index contributed by atoms with van der Waals surface area (Å²) in [4.78, 5) is 11.9. The van der Waals surface area contributed by atoms with Gasteiger partial charge in [-0.2, -0.15) is 10.5 Å². The van der Waals surface area contributed by atoms with E-state index in [4.69, 9.17) is 31.4 Å². The summed E-state index contributed by atoms with van der Waals surface area (Å²) in [6.45, 7) is 6.09. The number of halogens is 1. The van der Waals surface area contributed by atoms with E-state index >= 15 is 0 Å². The Morgan fingerprint density at radius 1 is 1.05 bits per heavy atom. The van der Waals surface area contributed by atoms with Gasteiger partial charge in [0.15, 0.2) is 0 Å². The molecule has 7 nitrogen and oxygen atoms in total. The Bertz CT molecular complexity index is 1620. The van der Waals surface area contributed by atoms with Gasteiger partial charge in [0.2, 0.25) is 0 Å². The molecule has 2 aromatic carbocycles. The molecule has 0 saturated carbocycles. The van der Waals surface area contributed by atoms with E-state index < -0.39 is 0 Å². The Morgan fingerprint density at radius 2 is 1.76 bits per heavy atom. The summed E-state index contributed by atoms with van der Waals surface area (Å²) in [5, 5.41) is 34.0. The van der Waals surface area contributed by atoms with Crippen LogP contribution in [0.5, 0.6) is 5.75 Å². The van der Waals surface area contributed by atoms with Crippen LogP contribution in [0.1, 0.15) is 37.1 Å². The molecular formula is C31H28ClN5O2S2. The number of ether oxygens (including phenoxy) is 1. The highest BCUT2D eigenvalue weighted by Crippen LogP contribution is 2.42. The van der Waals surface area contributed by atoms with Gasteiger partial charge in [-0.1, -0.05) is 61.5 Å². The molecule has 0 spiro atoms. The van der Waals surface area contributed by atoms with Gasteiger partial charge in [-0.25, -0.2) is 9.97 Å². The molecule has 4 aromatic rings. The summed E-state index contributed by atoms with van der Waals surface area (Å²) in [7, 11) is 0. The third-order valence-electron chi connectivity index (χ3n) is 6.85. The largest absolute Gasteiger partial charge is 0.491 e. The van der Waals surface area contributed by atoms with Gasteiger partial charge in [-0.3, -0.25) is 0 Å². The molecule has 41 heavy (non-hydrogen) atoms. The maximum Gasteiger partial charge on any atom is 0.148 e. The van der Waals surface area contributed by atoms with Crippen LogP contribution in [0.3, 0.4) is 0 Å². The number of rotatable bonds is 9. The van der Waals surface area contributed by atoms with E-state index in [1.54, 1.807) is 23.5 Å². The number of nitriles is 2. The summed E-state index contributed by atoms with van der Waals surface area (Å²) >= 11 is 9.05. The minimum Gasteiger partial charge on any atom is -0.491 e. The molecule has 0 bridgehead atoms. The lowest BCUT2D eigenvalue weighted by molar-refractivity contribution is 0.201. The lowest BCUT2D eigenvalue weighted by Crippen LogP contribution is -2.25. The van der Waals surface area contributed by atoms with E-state index in [9.17, 15) is 10.5 Å². The summed E-state index contributed by atoms with van der Waals surface area (Å²) in [5.74, 6) is 1.73. The number of nitrogens with zero attached hydrogens (tertiary/aromatic N) is 5. The van der Waals surface area contributed by atoms with Crippen LogP contribution in [-0.2, 0) is 5.75 Å². The van der Waals surface area contributed by atoms with Crippen molar-refractivity contribution in [1.82, 2.24) is 9.97 Å². The van der Waals surface area contributed by atoms with E-state index in [1.165, 1.54) is 11.8 Å². The number of hydrogen-bond donors (Lipinski definition) is 1. The zero-order valence-corrected chi connectivity index (χ0v) is 25.1. The van der Waals surface area contributed by atoms with Crippen LogP contribution < -0.4 is 9.64 Å². The molecular weight excluding hydrogens is 574 g/mol. The third kappa shape index (κ3) is 6.50. The van der Waals surface area contributed by atoms with Crippen molar-refractivity contribution >= 4 is 40.5 Å². The zero-order chi connectivity index (χ0) is 29.0. The molecule has 1 aliphatic rings. The quantitative estimate of drug-likeness (QED) is 0.201. The van der Waals surface area contributed by atoms with Gasteiger partial charge >= 0.3 is 0 Å². The van der Waals surface area contributed by atoms with Crippen molar-refractivity contribution in [2.24, 2.45) is 5.41 Å². The maximum atomic E-state index is 10.4. The van der Waals surface area contributed by atoms with Gasteiger partial charge in [0.1, 0.15) is 45.9 Å². The van der Waals surface area contributed by atoms with Gasteiger partial charge < -0.3 is 14.7 Å². The molecule has 1 fully saturated rings. The molecule has 0 unspecified atom stereocenters. The molecule has 0 radical (unpaired) electrons. The number of anilines is 1. The van der Waals surface area contributed by atoms with E-state index in [2.05, 4.69) is 30.9 Å². The van der Waals surface area contributed by atoms with Gasteiger partial charge in [0.25, 0.3) is 0 Å². The highest BCUT2D eigenvalue weighted by atomic mass is 35.5. The Labute approximate surface area is 253 Å². The molecule has 5 rings (SSSR count). The van der Waals surface area contributed by atoms with E-state index in [0.29, 0.717) is 44.1 Å². The van der Waals surface area contributed by atoms with Gasteiger partial charge in [-0.15, -0.1) is 11.3 Å². The normalized spacial score (nSPS) is 14.0. The summed E-state index contributed by atoms with van der Waals surface area (Å²) in [6.07, 6.45) is 0.987. The molecule has 1 N–H and O–H groups in total. The molecule has 10 heteroatoms. The van der Waals surface area contributed by atoms with Gasteiger partial charge in [0, 0.05) is 40.4 Å². The lowest BCUT2D eigenvalue weighted by Gasteiger charge is -2.24. The van der Waals surface area contributed by atoms with Gasteiger partial charge in [0.05, 0.1) is 17.9 Å². The monoisotopic (exact) mass is 601 g/mol. The first-order valence-corrected chi connectivity index (χ1v) is 15.4. The average molecular weight is 602 g/mol. The second-order valence-corrected chi connectivity index (χ2v) is 12.7. The van der Waals surface area contributed by atoms with E-state index in [1.807, 2.05) is 41.8 Å². The van der Waals surface area contributed by atoms with E-state index in [-0.39, 0.29) is 18.6 Å². The first-order valence-electron chi connectivity index (χ1n) is 13.1. The number of hydrogen-bond acceptors (Lipinski definition) is 9. The molecule has 208 valence electrons. The number of benzene rings is 2. The molecule has 3 heterocycles. The van der Waals surface area contributed by atoms with Crippen LogP contribution in [0.25, 0.3) is 21.7 Å². The Morgan fingerprint density at radius 3 is 2.39 bits per heavy atom. The predicted molar refractivity (Wildman–Crippen MR) is 164 cm³/mol. The standard InChI is InChI=1S/C31H28ClN5O2S2/c1-31(2)11-12-37(19-31)28-25(15-33)27(20-5-9-24(10-6-20)39-14-13-38)26(16-34)30(36-28)41-18-23-17-40-29(35-23)21-3-7-22(32)8-4-21/h3-10,17,38H,11-14,18-19H2,1-2H3. The highest BCUT2D eigenvalue weighted by Gasteiger charge is 2.33. The molecule has 1 saturated heterocycles. The molecule has 0 amide bonds. The number of pyridine rings is 1. The first-order chi connectivity index (χ1) is 19.8. The van der Waals surface area contributed by atoms with Crippen molar-refractivity contribution in [1.29, 1.82) is 10.5 Å². The summed E-state index contributed by atoms with van der Waals surface area (Å²) in [6, 6.07) is 19.6. The fraction of sp³-hybridized carbons (Fsp3) is 0.290. The number of thiazole rings is 1. The van der Waals surface area contributed by atoms with Crippen LogP contribution in [-0.4, -0.2) is 41.4 Å². The number of thioether (sulfide) groups is 1. The van der Waals surface area contributed by atoms with Crippen LogP contribution in [0.4, 0.5) is 5.82 Å². The Balaban J connectivity index is 1.53. The molecule has 1 aliphatic heterocycles. The molecule has 0 aliphatic carbocycles. The smallest absolute Gasteiger partial charge is 0.148 e. The highest BCUT2D eigenvalue weighted by molar-refractivity contribution is 7.98. The molecule has 2 aromatic heterocycles.